The Morgan fingerprint density at radius 1 is 1.47 bits per heavy atom. The fourth-order valence-corrected chi connectivity index (χ4v) is 3.72. The number of carbonyl (C=O) groups excluding carboxylic acids is 1. The van der Waals surface area contributed by atoms with Gasteiger partial charge < -0.3 is 5.32 Å². The zero-order valence-corrected chi connectivity index (χ0v) is 11.4. The van der Waals surface area contributed by atoms with E-state index in [2.05, 4.69) is 10.7 Å². The van der Waals surface area contributed by atoms with Crippen LogP contribution in [0, 0.1) is 0 Å². The van der Waals surface area contributed by atoms with Gasteiger partial charge in [0.15, 0.2) is 0 Å². The Hall–Kier alpha value is -0.870. The van der Waals surface area contributed by atoms with Crippen molar-refractivity contribution in [1.82, 2.24) is 5.32 Å². The van der Waals surface area contributed by atoms with E-state index in [0.717, 1.165) is 16.2 Å². The molecule has 0 saturated carbocycles. The normalized spacial score (nSPS) is 14.5. The first-order valence-corrected chi connectivity index (χ1v) is 7.58. The van der Waals surface area contributed by atoms with E-state index in [0.29, 0.717) is 0 Å². The SMILES string of the molecule is CNC(=O)c1ccccc1SCC1=CSCC1. The highest BCUT2D eigenvalue weighted by Gasteiger charge is 2.11. The lowest BCUT2D eigenvalue weighted by Crippen LogP contribution is -2.18. The molecule has 0 spiro atoms. The van der Waals surface area contributed by atoms with Crippen molar-refractivity contribution in [3.63, 3.8) is 0 Å². The van der Waals surface area contributed by atoms with E-state index < -0.39 is 0 Å². The van der Waals surface area contributed by atoms with Crippen molar-refractivity contribution in [2.45, 2.75) is 11.3 Å². The van der Waals surface area contributed by atoms with E-state index in [1.807, 2.05) is 36.0 Å². The largest absolute Gasteiger partial charge is 0.355 e. The molecule has 1 aromatic carbocycles. The standard InChI is InChI=1S/C13H15NOS2/c1-14-13(15)11-4-2-3-5-12(11)17-9-10-6-7-16-8-10/h2-5,8H,6-7,9H2,1H3,(H,14,15). The van der Waals surface area contributed by atoms with E-state index >= 15 is 0 Å². The van der Waals surface area contributed by atoms with Crippen molar-refractivity contribution in [3.05, 3.63) is 40.8 Å². The molecule has 0 fully saturated rings. The van der Waals surface area contributed by atoms with Gasteiger partial charge in [-0.3, -0.25) is 4.79 Å². The molecule has 1 heterocycles. The lowest BCUT2D eigenvalue weighted by atomic mass is 10.2. The van der Waals surface area contributed by atoms with Crippen LogP contribution in [-0.4, -0.2) is 24.5 Å². The maximum absolute atomic E-state index is 11.7. The van der Waals surface area contributed by atoms with Crippen molar-refractivity contribution in [1.29, 1.82) is 0 Å². The summed E-state index contributed by atoms with van der Waals surface area (Å²) in [6, 6.07) is 7.77. The summed E-state index contributed by atoms with van der Waals surface area (Å²) in [4.78, 5) is 12.7. The predicted octanol–water partition coefficient (Wildman–Crippen LogP) is 3.16. The van der Waals surface area contributed by atoms with Crippen LogP contribution >= 0.6 is 23.5 Å². The van der Waals surface area contributed by atoms with Crippen molar-refractivity contribution in [2.75, 3.05) is 18.6 Å². The molecular weight excluding hydrogens is 250 g/mol. The highest BCUT2D eigenvalue weighted by atomic mass is 32.2. The second kappa shape index (κ2) is 6.17. The Bertz CT molecular complexity index is 443. The third-order valence-electron chi connectivity index (χ3n) is 2.56. The minimum atomic E-state index is -0.0112. The third kappa shape index (κ3) is 3.30. The number of carbonyl (C=O) groups is 1. The van der Waals surface area contributed by atoms with E-state index in [1.165, 1.54) is 17.7 Å². The Labute approximate surface area is 110 Å². The van der Waals surface area contributed by atoms with Crippen LogP contribution < -0.4 is 5.32 Å². The zero-order chi connectivity index (χ0) is 12.1. The molecule has 0 bridgehead atoms. The first kappa shape index (κ1) is 12.6. The van der Waals surface area contributed by atoms with Crippen molar-refractivity contribution >= 4 is 29.4 Å². The fourth-order valence-electron chi connectivity index (χ4n) is 1.62. The van der Waals surface area contributed by atoms with Gasteiger partial charge in [0, 0.05) is 23.4 Å². The summed E-state index contributed by atoms with van der Waals surface area (Å²) < 4.78 is 0. The van der Waals surface area contributed by atoms with Gasteiger partial charge in [-0.05, 0) is 24.0 Å². The van der Waals surface area contributed by atoms with Crippen LogP contribution in [0.4, 0.5) is 0 Å². The van der Waals surface area contributed by atoms with E-state index in [4.69, 9.17) is 0 Å². The molecule has 1 amide bonds. The molecule has 0 atom stereocenters. The van der Waals surface area contributed by atoms with Crippen molar-refractivity contribution in [3.8, 4) is 0 Å². The fraction of sp³-hybridized carbons (Fsp3) is 0.308. The van der Waals surface area contributed by atoms with Crippen LogP contribution in [0.25, 0.3) is 0 Å². The third-order valence-corrected chi connectivity index (χ3v) is 4.68. The molecule has 1 aromatic rings. The lowest BCUT2D eigenvalue weighted by molar-refractivity contribution is 0.0960. The van der Waals surface area contributed by atoms with Gasteiger partial charge in [0.2, 0.25) is 0 Å². The highest BCUT2D eigenvalue weighted by molar-refractivity contribution is 8.02. The number of nitrogens with one attached hydrogen (secondary N) is 1. The average Bonchev–Trinajstić information content (AvgIpc) is 2.89. The molecule has 2 nitrogen and oxygen atoms in total. The monoisotopic (exact) mass is 265 g/mol. The van der Waals surface area contributed by atoms with E-state index in [-0.39, 0.29) is 5.91 Å². The number of amides is 1. The van der Waals surface area contributed by atoms with Gasteiger partial charge in [0.05, 0.1) is 5.56 Å². The summed E-state index contributed by atoms with van der Waals surface area (Å²) in [5.41, 5.74) is 2.25. The molecule has 90 valence electrons. The number of benzene rings is 1. The van der Waals surface area contributed by atoms with E-state index in [1.54, 1.807) is 18.8 Å². The molecule has 1 aliphatic heterocycles. The number of hydrogen-bond acceptors (Lipinski definition) is 3. The molecule has 0 saturated heterocycles. The second-order valence-corrected chi connectivity index (χ2v) is 5.76. The van der Waals surface area contributed by atoms with Crippen molar-refractivity contribution in [2.24, 2.45) is 0 Å². The summed E-state index contributed by atoms with van der Waals surface area (Å²) in [5.74, 6) is 2.18. The first-order valence-electron chi connectivity index (χ1n) is 5.54. The molecule has 0 aliphatic carbocycles. The highest BCUT2D eigenvalue weighted by Crippen LogP contribution is 2.29. The van der Waals surface area contributed by atoms with E-state index in [9.17, 15) is 4.79 Å². The molecule has 0 aromatic heterocycles. The molecular formula is C13H15NOS2. The van der Waals surface area contributed by atoms with Gasteiger partial charge >= 0.3 is 0 Å². The molecule has 17 heavy (non-hydrogen) atoms. The van der Waals surface area contributed by atoms with Crippen molar-refractivity contribution < 1.29 is 4.79 Å². The Kier molecular flexibility index (Phi) is 4.57. The Morgan fingerprint density at radius 3 is 3.00 bits per heavy atom. The molecule has 4 heteroatoms. The number of thioether (sulfide) groups is 2. The first-order chi connectivity index (χ1) is 8.31. The second-order valence-electron chi connectivity index (χ2n) is 3.76. The van der Waals surface area contributed by atoms with Crippen LogP contribution in [0.2, 0.25) is 0 Å². The van der Waals surface area contributed by atoms with Crippen LogP contribution in [0.3, 0.4) is 0 Å². The molecule has 1 N–H and O–H groups in total. The smallest absolute Gasteiger partial charge is 0.252 e. The van der Waals surface area contributed by atoms with Crippen LogP contribution in [0.1, 0.15) is 16.8 Å². The maximum Gasteiger partial charge on any atom is 0.252 e. The van der Waals surface area contributed by atoms with Gasteiger partial charge in [-0.25, -0.2) is 0 Å². The molecule has 1 aliphatic rings. The van der Waals surface area contributed by atoms with Crippen LogP contribution in [0.15, 0.2) is 40.1 Å². The quantitative estimate of drug-likeness (QED) is 0.848. The Morgan fingerprint density at radius 2 is 2.29 bits per heavy atom. The molecule has 2 rings (SSSR count). The summed E-state index contributed by atoms with van der Waals surface area (Å²) in [6.45, 7) is 0. The molecule has 0 radical (unpaired) electrons. The zero-order valence-electron chi connectivity index (χ0n) is 9.73. The topological polar surface area (TPSA) is 29.1 Å². The minimum Gasteiger partial charge on any atom is -0.355 e. The van der Waals surface area contributed by atoms with Crippen LogP contribution in [0.5, 0.6) is 0 Å². The average molecular weight is 265 g/mol. The summed E-state index contributed by atoms with van der Waals surface area (Å²) >= 11 is 3.62. The summed E-state index contributed by atoms with van der Waals surface area (Å²) in [7, 11) is 1.67. The van der Waals surface area contributed by atoms with Gasteiger partial charge in [-0.1, -0.05) is 17.7 Å². The minimum absolute atomic E-state index is 0.0112. The van der Waals surface area contributed by atoms with Crippen LogP contribution in [-0.2, 0) is 0 Å². The summed E-state index contributed by atoms with van der Waals surface area (Å²) in [6.07, 6.45) is 1.18. The van der Waals surface area contributed by atoms with Gasteiger partial charge in [-0.2, -0.15) is 0 Å². The number of hydrogen-bond donors (Lipinski definition) is 1. The van der Waals surface area contributed by atoms with Gasteiger partial charge in [0.1, 0.15) is 0 Å². The maximum atomic E-state index is 11.7. The molecule has 0 unspecified atom stereocenters. The number of rotatable bonds is 4. The Balaban J connectivity index is 2.06. The summed E-state index contributed by atoms with van der Waals surface area (Å²) in [5, 5.41) is 4.92. The van der Waals surface area contributed by atoms with Gasteiger partial charge in [0.25, 0.3) is 5.91 Å². The predicted molar refractivity (Wildman–Crippen MR) is 75.7 cm³/mol. The lowest BCUT2D eigenvalue weighted by Gasteiger charge is -2.07. The van der Waals surface area contributed by atoms with Gasteiger partial charge in [-0.15, -0.1) is 23.5 Å².